The molecular formula is C15H17BO2. The molecule has 92 valence electrons. The molecule has 0 fully saturated rings. The quantitative estimate of drug-likeness (QED) is 0.802. The molecule has 0 saturated carbocycles. The molecule has 0 aromatic heterocycles. The minimum Gasteiger partial charge on any atom is -0.423 e. The van der Waals surface area contributed by atoms with Crippen molar-refractivity contribution in [3.8, 4) is 11.1 Å². The number of hydrogen-bond acceptors (Lipinski definition) is 2. The highest BCUT2D eigenvalue weighted by molar-refractivity contribution is 6.60. The number of rotatable bonds is 4. The van der Waals surface area contributed by atoms with Crippen molar-refractivity contribution in [1.29, 1.82) is 0 Å². The predicted octanol–water partition coefficient (Wildman–Crippen LogP) is 1.99. The Hall–Kier alpha value is -1.58. The number of benzene rings is 2. The van der Waals surface area contributed by atoms with Gasteiger partial charge in [0.25, 0.3) is 0 Å². The van der Waals surface area contributed by atoms with Gasteiger partial charge >= 0.3 is 7.12 Å². The Balaban J connectivity index is 2.55. The topological polar surface area (TPSA) is 40.5 Å². The van der Waals surface area contributed by atoms with E-state index in [1.807, 2.05) is 36.4 Å². The van der Waals surface area contributed by atoms with Crippen LogP contribution in [-0.4, -0.2) is 17.2 Å². The van der Waals surface area contributed by atoms with Crippen LogP contribution in [0, 0.1) is 0 Å². The SMILES string of the molecule is CCCc1ccccc1-c1ccccc1B(O)O. The van der Waals surface area contributed by atoms with Crippen molar-refractivity contribution in [2.45, 2.75) is 19.8 Å². The Morgan fingerprint density at radius 1 is 0.889 bits per heavy atom. The van der Waals surface area contributed by atoms with Gasteiger partial charge < -0.3 is 10.0 Å². The average Bonchev–Trinajstić information content (AvgIpc) is 2.40. The lowest BCUT2D eigenvalue weighted by molar-refractivity contribution is 0.426. The van der Waals surface area contributed by atoms with Crippen molar-refractivity contribution in [3.63, 3.8) is 0 Å². The first-order valence-electron chi connectivity index (χ1n) is 6.27. The van der Waals surface area contributed by atoms with Gasteiger partial charge in [-0.1, -0.05) is 61.9 Å². The summed E-state index contributed by atoms with van der Waals surface area (Å²) in [6, 6.07) is 15.6. The van der Waals surface area contributed by atoms with Gasteiger partial charge in [-0.15, -0.1) is 0 Å². The van der Waals surface area contributed by atoms with Crippen molar-refractivity contribution >= 4 is 12.6 Å². The van der Waals surface area contributed by atoms with E-state index in [0.29, 0.717) is 5.46 Å². The fourth-order valence-electron chi connectivity index (χ4n) is 2.24. The van der Waals surface area contributed by atoms with Crippen molar-refractivity contribution in [2.75, 3.05) is 0 Å². The molecular weight excluding hydrogens is 223 g/mol. The van der Waals surface area contributed by atoms with Crippen LogP contribution in [0.5, 0.6) is 0 Å². The molecule has 0 amide bonds. The predicted molar refractivity (Wildman–Crippen MR) is 75.7 cm³/mol. The summed E-state index contributed by atoms with van der Waals surface area (Å²) >= 11 is 0. The van der Waals surface area contributed by atoms with Crippen LogP contribution in [-0.2, 0) is 6.42 Å². The molecule has 2 aromatic rings. The van der Waals surface area contributed by atoms with Gasteiger partial charge in [-0.3, -0.25) is 0 Å². The molecule has 3 heteroatoms. The van der Waals surface area contributed by atoms with Crippen LogP contribution in [0.15, 0.2) is 48.5 Å². The third-order valence-electron chi connectivity index (χ3n) is 3.07. The number of aryl methyl sites for hydroxylation is 1. The second kappa shape index (κ2) is 5.85. The summed E-state index contributed by atoms with van der Waals surface area (Å²) in [5, 5.41) is 18.9. The fraction of sp³-hybridized carbons (Fsp3) is 0.200. The standard InChI is InChI=1S/C15H17BO2/c1-2-7-12-8-3-4-9-13(12)14-10-5-6-11-15(14)16(17)18/h3-6,8-11,17-18H,2,7H2,1H3. The Morgan fingerprint density at radius 3 is 2.17 bits per heavy atom. The summed E-state index contributed by atoms with van der Waals surface area (Å²) in [5.41, 5.74) is 3.79. The maximum Gasteiger partial charge on any atom is 0.489 e. The smallest absolute Gasteiger partial charge is 0.423 e. The van der Waals surface area contributed by atoms with E-state index in [0.717, 1.165) is 24.0 Å². The Morgan fingerprint density at radius 2 is 1.50 bits per heavy atom. The highest BCUT2D eigenvalue weighted by atomic mass is 16.4. The van der Waals surface area contributed by atoms with E-state index in [1.165, 1.54) is 5.56 Å². The van der Waals surface area contributed by atoms with Gasteiger partial charge in [0.15, 0.2) is 0 Å². The summed E-state index contributed by atoms with van der Waals surface area (Å²) < 4.78 is 0. The lowest BCUT2D eigenvalue weighted by atomic mass is 9.74. The molecule has 2 aromatic carbocycles. The molecule has 0 saturated heterocycles. The molecule has 0 radical (unpaired) electrons. The summed E-state index contributed by atoms with van der Waals surface area (Å²) in [4.78, 5) is 0. The second-order valence-electron chi connectivity index (χ2n) is 4.37. The van der Waals surface area contributed by atoms with Crippen LogP contribution in [0.4, 0.5) is 0 Å². The lowest BCUT2D eigenvalue weighted by Crippen LogP contribution is -2.31. The van der Waals surface area contributed by atoms with Gasteiger partial charge in [0.1, 0.15) is 0 Å². The molecule has 18 heavy (non-hydrogen) atoms. The van der Waals surface area contributed by atoms with E-state index in [4.69, 9.17) is 0 Å². The minimum atomic E-state index is -1.43. The van der Waals surface area contributed by atoms with Gasteiger partial charge in [-0.2, -0.15) is 0 Å². The highest BCUT2D eigenvalue weighted by Crippen LogP contribution is 2.23. The monoisotopic (exact) mass is 240 g/mol. The molecule has 2 nitrogen and oxygen atoms in total. The van der Waals surface area contributed by atoms with E-state index in [1.54, 1.807) is 6.07 Å². The Labute approximate surface area is 108 Å². The van der Waals surface area contributed by atoms with Gasteiger partial charge in [0.2, 0.25) is 0 Å². The van der Waals surface area contributed by atoms with Crippen LogP contribution in [0.25, 0.3) is 11.1 Å². The van der Waals surface area contributed by atoms with Crippen molar-refractivity contribution < 1.29 is 10.0 Å². The fourth-order valence-corrected chi connectivity index (χ4v) is 2.24. The normalized spacial score (nSPS) is 10.4. The third-order valence-corrected chi connectivity index (χ3v) is 3.07. The molecule has 2 N–H and O–H groups in total. The van der Waals surface area contributed by atoms with E-state index < -0.39 is 7.12 Å². The largest absolute Gasteiger partial charge is 0.489 e. The lowest BCUT2D eigenvalue weighted by Gasteiger charge is -2.13. The summed E-state index contributed by atoms with van der Waals surface area (Å²) in [5.74, 6) is 0. The molecule has 0 heterocycles. The molecule has 0 aliphatic heterocycles. The van der Waals surface area contributed by atoms with Crippen LogP contribution < -0.4 is 5.46 Å². The molecule has 0 atom stereocenters. The average molecular weight is 240 g/mol. The zero-order valence-electron chi connectivity index (χ0n) is 10.5. The molecule has 0 spiro atoms. The minimum absolute atomic E-state index is 0.557. The van der Waals surface area contributed by atoms with Gasteiger partial charge in [-0.25, -0.2) is 0 Å². The first-order valence-corrected chi connectivity index (χ1v) is 6.27. The molecule has 0 aliphatic rings. The van der Waals surface area contributed by atoms with E-state index in [-0.39, 0.29) is 0 Å². The first-order chi connectivity index (χ1) is 8.74. The second-order valence-corrected chi connectivity index (χ2v) is 4.37. The Kier molecular flexibility index (Phi) is 4.18. The van der Waals surface area contributed by atoms with Gasteiger partial charge in [0.05, 0.1) is 0 Å². The van der Waals surface area contributed by atoms with Crippen molar-refractivity contribution in [1.82, 2.24) is 0 Å². The molecule has 2 rings (SSSR count). The maximum absolute atomic E-state index is 9.44. The van der Waals surface area contributed by atoms with E-state index >= 15 is 0 Å². The molecule has 0 bridgehead atoms. The van der Waals surface area contributed by atoms with Crippen molar-refractivity contribution in [2.24, 2.45) is 0 Å². The summed E-state index contributed by atoms with van der Waals surface area (Å²) in [6.45, 7) is 2.14. The summed E-state index contributed by atoms with van der Waals surface area (Å²) in [7, 11) is -1.43. The Bertz CT molecular complexity index is 523. The first kappa shape index (κ1) is 12.9. The number of hydrogen-bond donors (Lipinski definition) is 2. The maximum atomic E-state index is 9.44. The van der Waals surface area contributed by atoms with Gasteiger partial charge in [-0.05, 0) is 28.6 Å². The van der Waals surface area contributed by atoms with Crippen LogP contribution in [0.2, 0.25) is 0 Å². The van der Waals surface area contributed by atoms with Gasteiger partial charge in [0, 0.05) is 0 Å². The van der Waals surface area contributed by atoms with E-state index in [2.05, 4.69) is 13.0 Å². The van der Waals surface area contributed by atoms with Crippen molar-refractivity contribution in [3.05, 3.63) is 54.1 Å². The molecule has 0 unspecified atom stereocenters. The van der Waals surface area contributed by atoms with Crippen LogP contribution in [0.1, 0.15) is 18.9 Å². The third kappa shape index (κ3) is 2.63. The molecule has 0 aliphatic carbocycles. The van der Waals surface area contributed by atoms with Crippen LogP contribution in [0.3, 0.4) is 0 Å². The van der Waals surface area contributed by atoms with Crippen LogP contribution >= 0.6 is 0 Å². The highest BCUT2D eigenvalue weighted by Gasteiger charge is 2.17. The zero-order chi connectivity index (χ0) is 13.0. The summed E-state index contributed by atoms with van der Waals surface area (Å²) in [6.07, 6.45) is 2.06. The van der Waals surface area contributed by atoms with E-state index in [9.17, 15) is 10.0 Å². The zero-order valence-corrected chi connectivity index (χ0v) is 10.5.